The Balaban J connectivity index is 2.49. The molecule has 1 aromatic rings. The summed E-state index contributed by atoms with van der Waals surface area (Å²) in [6.45, 7) is 7.23. The number of hydrogen-bond donors (Lipinski definition) is 1. The molecule has 1 rings (SSSR count). The van der Waals surface area contributed by atoms with E-state index in [1.807, 2.05) is 26.8 Å². The van der Waals surface area contributed by atoms with Gasteiger partial charge in [-0.15, -0.1) is 0 Å². The van der Waals surface area contributed by atoms with Gasteiger partial charge in [-0.1, -0.05) is 6.07 Å². The third-order valence-electron chi connectivity index (χ3n) is 2.56. The van der Waals surface area contributed by atoms with Crippen molar-refractivity contribution in [2.75, 3.05) is 25.6 Å². The Kier molecular flexibility index (Phi) is 5.91. The Morgan fingerprint density at radius 2 is 2.00 bits per heavy atom. The van der Waals surface area contributed by atoms with E-state index >= 15 is 0 Å². The van der Waals surface area contributed by atoms with Crippen LogP contribution in [-0.2, 0) is 16.1 Å². The number of rotatable bonds is 7. The van der Waals surface area contributed by atoms with Crippen LogP contribution in [0, 0.1) is 10.1 Å². The first-order valence-electron chi connectivity index (χ1n) is 6.50. The smallest absolute Gasteiger partial charge is 0.292 e. The second kappa shape index (κ2) is 7.21. The summed E-state index contributed by atoms with van der Waals surface area (Å²) in [6, 6.07) is 5.02. The van der Waals surface area contributed by atoms with E-state index in [0.29, 0.717) is 25.5 Å². The summed E-state index contributed by atoms with van der Waals surface area (Å²) in [4.78, 5) is 10.5. The Morgan fingerprint density at radius 3 is 2.55 bits per heavy atom. The Hall–Kier alpha value is -1.66. The number of hydrogen-bond acceptors (Lipinski definition) is 5. The molecule has 1 N–H and O–H groups in total. The first-order chi connectivity index (χ1) is 9.33. The summed E-state index contributed by atoms with van der Waals surface area (Å²) >= 11 is 0. The second-order valence-corrected chi connectivity index (χ2v) is 5.37. The lowest BCUT2D eigenvalue weighted by molar-refractivity contribution is -0.384. The fourth-order valence-corrected chi connectivity index (χ4v) is 1.63. The molecule has 0 radical (unpaired) electrons. The van der Waals surface area contributed by atoms with Gasteiger partial charge in [-0.3, -0.25) is 10.1 Å². The lowest BCUT2D eigenvalue weighted by Crippen LogP contribution is -2.21. The maximum atomic E-state index is 10.9. The second-order valence-electron chi connectivity index (χ2n) is 5.37. The lowest BCUT2D eigenvalue weighted by Gasteiger charge is -2.19. The standard InChI is InChI=1S/C14H22N2O4/c1-14(2,3)20-8-7-19-10-11-5-6-12(15-4)13(9-11)16(17)18/h5-6,9,15H,7-8,10H2,1-4H3. The van der Waals surface area contributed by atoms with Gasteiger partial charge in [-0.2, -0.15) is 0 Å². The molecule has 0 aliphatic rings. The summed E-state index contributed by atoms with van der Waals surface area (Å²) in [7, 11) is 1.66. The first-order valence-corrected chi connectivity index (χ1v) is 6.50. The monoisotopic (exact) mass is 282 g/mol. The van der Waals surface area contributed by atoms with Gasteiger partial charge in [0.15, 0.2) is 0 Å². The molecular formula is C14H22N2O4. The summed E-state index contributed by atoms with van der Waals surface area (Å²) in [5.41, 5.74) is 1.14. The van der Waals surface area contributed by atoms with E-state index in [0.717, 1.165) is 5.56 Å². The van der Waals surface area contributed by atoms with E-state index in [1.54, 1.807) is 13.1 Å². The van der Waals surface area contributed by atoms with Gasteiger partial charge in [0.05, 0.1) is 30.3 Å². The summed E-state index contributed by atoms with van der Waals surface area (Å²) in [5, 5.41) is 13.7. The fraction of sp³-hybridized carbons (Fsp3) is 0.571. The number of anilines is 1. The van der Waals surface area contributed by atoms with Crippen molar-refractivity contribution in [1.29, 1.82) is 0 Å². The lowest BCUT2D eigenvalue weighted by atomic mass is 10.2. The molecule has 0 aliphatic heterocycles. The molecule has 0 aliphatic carbocycles. The molecular weight excluding hydrogens is 260 g/mol. The number of benzene rings is 1. The topological polar surface area (TPSA) is 73.6 Å². The van der Waals surface area contributed by atoms with E-state index in [1.165, 1.54) is 6.07 Å². The summed E-state index contributed by atoms with van der Waals surface area (Å²) < 4.78 is 11.0. The van der Waals surface area contributed by atoms with Crippen LogP contribution in [-0.4, -0.2) is 30.8 Å². The van der Waals surface area contributed by atoms with Gasteiger partial charge in [0.25, 0.3) is 5.69 Å². The highest BCUT2D eigenvalue weighted by Crippen LogP contribution is 2.25. The summed E-state index contributed by atoms with van der Waals surface area (Å²) in [6.07, 6.45) is 0. The molecule has 0 heterocycles. The molecule has 0 fully saturated rings. The van der Waals surface area contributed by atoms with Crippen LogP contribution in [0.1, 0.15) is 26.3 Å². The quantitative estimate of drug-likeness (QED) is 0.473. The van der Waals surface area contributed by atoms with Crippen LogP contribution in [0.4, 0.5) is 11.4 Å². The molecule has 6 nitrogen and oxygen atoms in total. The van der Waals surface area contributed by atoms with E-state index in [9.17, 15) is 10.1 Å². The van der Waals surface area contributed by atoms with Gasteiger partial charge in [-0.05, 0) is 32.4 Å². The van der Waals surface area contributed by atoms with Crippen molar-refractivity contribution in [3.05, 3.63) is 33.9 Å². The average molecular weight is 282 g/mol. The van der Waals surface area contributed by atoms with Gasteiger partial charge in [0.2, 0.25) is 0 Å². The van der Waals surface area contributed by atoms with Crippen LogP contribution in [0.25, 0.3) is 0 Å². The van der Waals surface area contributed by atoms with Gasteiger partial charge in [-0.25, -0.2) is 0 Å². The molecule has 0 aromatic heterocycles. The maximum absolute atomic E-state index is 10.9. The summed E-state index contributed by atoms with van der Waals surface area (Å²) in [5.74, 6) is 0. The largest absolute Gasteiger partial charge is 0.383 e. The number of nitrogens with one attached hydrogen (secondary N) is 1. The number of ether oxygens (including phenoxy) is 2. The van der Waals surface area contributed by atoms with E-state index in [2.05, 4.69) is 5.32 Å². The van der Waals surface area contributed by atoms with Crippen LogP contribution in [0.15, 0.2) is 18.2 Å². The minimum absolute atomic E-state index is 0.0551. The van der Waals surface area contributed by atoms with Crippen molar-refractivity contribution in [2.45, 2.75) is 33.0 Å². The molecule has 1 aromatic carbocycles. The number of nitro groups is 1. The van der Waals surface area contributed by atoms with Gasteiger partial charge >= 0.3 is 0 Å². The third kappa shape index (κ3) is 5.54. The van der Waals surface area contributed by atoms with Crippen LogP contribution >= 0.6 is 0 Å². The number of nitrogens with zero attached hydrogens (tertiary/aromatic N) is 1. The van der Waals surface area contributed by atoms with Crippen molar-refractivity contribution >= 4 is 11.4 Å². The van der Waals surface area contributed by atoms with Gasteiger partial charge in [0.1, 0.15) is 5.69 Å². The zero-order valence-corrected chi connectivity index (χ0v) is 12.4. The van der Waals surface area contributed by atoms with Crippen molar-refractivity contribution in [3.63, 3.8) is 0 Å². The molecule has 6 heteroatoms. The van der Waals surface area contributed by atoms with E-state index < -0.39 is 4.92 Å². The van der Waals surface area contributed by atoms with Crippen molar-refractivity contribution < 1.29 is 14.4 Å². The average Bonchev–Trinajstić information content (AvgIpc) is 2.36. The first kappa shape index (κ1) is 16.4. The molecule has 0 bridgehead atoms. The molecule has 20 heavy (non-hydrogen) atoms. The Bertz CT molecular complexity index is 455. The highest BCUT2D eigenvalue weighted by Gasteiger charge is 2.13. The minimum Gasteiger partial charge on any atom is -0.383 e. The van der Waals surface area contributed by atoms with E-state index in [4.69, 9.17) is 9.47 Å². The Morgan fingerprint density at radius 1 is 1.30 bits per heavy atom. The predicted molar refractivity (Wildman–Crippen MR) is 78.0 cm³/mol. The van der Waals surface area contributed by atoms with Crippen LogP contribution < -0.4 is 5.32 Å². The van der Waals surface area contributed by atoms with Crippen molar-refractivity contribution in [1.82, 2.24) is 0 Å². The molecule has 0 saturated heterocycles. The predicted octanol–water partition coefficient (Wildman–Crippen LogP) is 2.97. The maximum Gasteiger partial charge on any atom is 0.292 e. The molecule has 0 amide bonds. The highest BCUT2D eigenvalue weighted by atomic mass is 16.6. The minimum atomic E-state index is -0.405. The van der Waals surface area contributed by atoms with Crippen LogP contribution in [0.5, 0.6) is 0 Å². The third-order valence-corrected chi connectivity index (χ3v) is 2.56. The molecule has 112 valence electrons. The zero-order chi connectivity index (χ0) is 15.2. The van der Waals surface area contributed by atoms with Crippen LogP contribution in [0.2, 0.25) is 0 Å². The normalized spacial score (nSPS) is 11.4. The van der Waals surface area contributed by atoms with Crippen molar-refractivity contribution in [3.8, 4) is 0 Å². The van der Waals surface area contributed by atoms with Gasteiger partial charge < -0.3 is 14.8 Å². The van der Waals surface area contributed by atoms with Gasteiger partial charge in [0, 0.05) is 13.1 Å². The molecule has 0 atom stereocenters. The Labute approximate surface area is 119 Å². The SMILES string of the molecule is CNc1ccc(COCCOC(C)(C)C)cc1[N+](=O)[O-]. The van der Waals surface area contributed by atoms with Crippen LogP contribution in [0.3, 0.4) is 0 Å². The molecule has 0 spiro atoms. The van der Waals surface area contributed by atoms with Crippen molar-refractivity contribution in [2.24, 2.45) is 0 Å². The van der Waals surface area contributed by atoms with E-state index in [-0.39, 0.29) is 11.3 Å². The highest BCUT2D eigenvalue weighted by molar-refractivity contribution is 5.62. The fourth-order valence-electron chi connectivity index (χ4n) is 1.63. The zero-order valence-electron chi connectivity index (χ0n) is 12.4. The molecule has 0 saturated carbocycles. The number of nitro benzene ring substituents is 1. The molecule has 0 unspecified atom stereocenters.